The first-order valence-electron chi connectivity index (χ1n) is 7.18. The standard InChI is InChI=1S/C18H20N2O/c1-10-6-11(2)17(12(3)7-10)20-14(5)9-15-16(21)8-13(4)19-18(15)20/h6-9H,1-5H3,(H,19,21). The Hall–Kier alpha value is -2.29. The molecule has 21 heavy (non-hydrogen) atoms. The van der Waals surface area contributed by atoms with Gasteiger partial charge in [0.1, 0.15) is 5.65 Å². The molecule has 0 saturated heterocycles. The molecular formula is C18H20N2O. The first kappa shape index (κ1) is 13.7. The largest absolute Gasteiger partial charge is 0.344 e. The lowest BCUT2D eigenvalue weighted by atomic mass is 10.0. The second kappa shape index (κ2) is 4.62. The molecule has 108 valence electrons. The van der Waals surface area contributed by atoms with Crippen molar-refractivity contribution < 1.29 is 0 Å². The minimum atomic E-state index is 0.0746. The van der Waals surface area contributed by atoms with Crippen molar-refractivity contribution in [3.8, 4) is 5.69 Å². The van der Waals surface area contributed by atoms with Crippen LogP contribution in [-0.4, -0.2) is 9.55 Å². The highest BCUT2D eigenvalue weighted by Crippen LogP contribution is 2.27. The molecule has 0 unspecified atom stereocenters. The Morgan fingerprint density at radius 3 is 2.14 bits per heavy atom. The van der Waals surface area contributed by atoms with Gasteiger partial charge in [0.05, 0.1) is 11.1 Å². The van der Waals surface area contributed by atoms with Gasteiger partial charge in [-0.15, -0.1) is 0 Å². The zero-order valence-corrected chi connectivity index (χ0v) is 13.2. The summed E-state index contributed by atoms with van der Waals surface area (Å²) < 4.78 is 2.16. The first-order valence-corrected chi connectivity index (χ1v) is 7.18. The Kier molecular flexibility index (Phi) is 3.01. The van der Waals surface area contributed by atoms with E-state index in [1.807, 2.05) is 19.9 Å². The number of aromatic nitrogens is 2. The summed E-state index contributed by atoms with van der Waals surface area (Å²) in [4.78, 5) is 15.5. The smallest absolute Gasteiger partial charge is 0.191 e. The molecule has 0 saturated carbocycles. The van der Waals surface area contributed by atoms with Crippen LogP contribution in [0.1, 0.15) is 28.1 Å². The number of rotatable bonds is 1. The molecule has 3 nitrogen and oxygen atoms in total. The highest BCUT2D eigenvalue weighted by molar-refractivity contribution is 5.80. The molecule has 0 radical (unpaired) electrons. The molecule has 1 aromatic carbocycles. The third-order valence-corrected chi connectivity index (χ3v) is 3.97. The second-order valence-corrected chi connectivity index (χ2v) is 5.95. The van der Waals surface area contributed by atoms with Gasteiger partial charge in [-0.2, -0.15) is 0 Å². The van der Waals surface area contributed by atoms with Crippen molar-refractivity contribution in [2.24, 2.45) is 0 Å². The van der Waals surface area contributed by atoms with Gasteiger partial charge >= 0.3 is 0 Å². The van der Waals surface area contributed by atoms with E-state index in [4.69, 9.17) is 0 Å². The zero-order chi connectivity index (χ0) is 15.3. The van der Waals surface area contributed by atoms with Crippen LogP contribution >= 0.6 is 0 Å². The number of hydrogen-bond acceptors (Lipinski definition) is 1. The Balaban J connectivity index is 2.47. The van der Waals surface area contributed by atoms with Crippen molar-refractivity contribution >= 4 is 11.0 Å². The average Bonchev–Trinajstić information content (AvgIpc) is 2.66. The van der Waals surface area contributed by atoms with Crippen LogP contribution in [0.25, 0.3) is 16.7 Å². The van der Waals surface area contributed by atoms with E-state index in [-0.39, 0.29) is 5.43 Å². The predicted molar refractivity (Wildman–Crippen MR) is 87.6 cm³/mol. The number of nitrogens with zero attached hydrogens (tertiary/aromatic N) is 1. The summed E-state index contributed by atoms with van der Waals surface area (Å²) in [5.74, 6) is 0. The fourth-order valence-electron chi connectivity index (χ4n) is 3.26. The molecule has 0 atom stereocenters. The Labute approximate surface area is 124 Å². The molecular weight excluding hydrogens is 260 g/mol. The van der Waals surface area contributed by atoms with Crippen LogP contribution in [0, 0.1) is 34.6 Å². The van der Waals surface area contributed by atoms with Crippen LogP contribution in [0.3, 0.4) is 0 Å². The molecule has 3 heteroatoms. The van der Waals surface area contributed by atoms with Gasteiger partial charge in [0.25, 0.3) is 0 Å². The third-order valence-electron chi connectivity index (χ3n) is 3.97. The van der Waals surface area contributed by atoms with Gasteiger partial charge in [-0.25, -0.2) is 0 Å². The molecule has 0 amide bonds. The van der Waals surface area contributed by atoms with Crippen molar-refractivity contribution in [3.05, 3.63) is 62.6 Å². The number of aromatic amines is 1. The summed E-state index contributed by atoms with van der Waals surface area (Å²) in [7, 11) is 0. The van der Waals surface area contributed by atoms with E-state index < -0.39 is 0 Å². The molecule has 0 bridgehead atoms. The Morgan fingerprint density at radius 2 is 1.52 bits per heavy atom. The van der Waals surface area contributed by atoms with Gasteiger partial charge in [-0.3, -0.25) is 9.36 Å². The maximum absolute atomic E-state index is 12.2. The van der Waals surface area contributed by atoms with Crippen molar-refractivity contribution in [1.82, 2.24) is 9.55 Å². The van der Waals surface area contributed by atoms with E-state index in [2.05, 4.69) is 42.5 Å². The molecule has 0 spiro atoms. The Morgan fingerprint density at radius 1 is 0.905 bits per heavy atom. The zero-order valence-electron chi connectivity index (χ0n) is 13.2. The molecule has 2 aromatic heterocycles. The summed E-state index contributed by atoms with van der Waals surface area (Å²) in [6.45, 7) is 10.3. The summed E-state index contributed by atoms with van der Waals surface area (Å²) in [6.07, 6.45) is 0. The van der Waals surface area contributed by atoms with E-state index in [9.17, 15) is 4.79 Å². The molecule has 0 aliphatic rings. The first-order chi connectivity index (χ1) is 9.88. The SMILES string of the molecule is Cc1cc(C)c(-n2c(C)cc3c(=O)cc(C)[nH]c32)c(C)c1. The number of aryl methyl sites for hydroxylation is 5. The summed E-state index contributed by atoms with van der Waals surface area (Å²) in [5.41, 5.74) is 7.76. The van der Waals surface area contributed by atoms with Crippen molar-refractivity contribution in [2.45, 2.75) is 34.6 Å². The van der Waals surface area contributed by atoms with Crippen LogP contribution in [-0.2, 0) is 0 Å². The summed E-state index contributed by atoms with van der Waals surface area (Å²) in [6, 6.07) is 7.98. The highest BCUT2D eigenvalue weighted by Gasteiger charge is 2.14. The molecule has 3 aromatic rings. The maximum Gasteiger partial charge on any atom is 0.191 e. The number of hydrogen-bond donors (Lipinski definition) is 1. The van der Waals surface area contributed by atoms with Gasteiger partial charge in [0.15, 0.2) is 5.43 Å². The number of fused-ring (bicyclic) bond motifs is 1. The molecule has 2 heterocycles. The monoisotopic (exact) mass is 280 g/mol. The molecule has 1 N–H and O–H groups in total. The van der Waals surface area contributed by atoms with Crippen LogP contribution in [0.4, 0.5) is 0 Å². The van der Waals surface area contributed by atoms with Gasteiger partial charge in [-0.05, 0) is 51.8 Å². The van der Waals surface area contributed by atoms with Crippen LogP contribution in [0.15, 0.2) is 29.1 Å². The van der Waals surface area contributed by atoms with Gasteiger partial charge in [0.2, 0.25) is 0 Å². The normalized spacial score (nSPS) is 11.3. The molecule has 0 aliphatic heterocycles. The van der Waals surface area contributed by atoms with Crippen molar-refractivity contribution in [1.29, 1.82) is 0 Å². The van der Waals surface area contributed by atoms with E-state index in [1.54, 1.807) is 6.07 Å². The minimum absolute atomic E-state index is 0.0746. The Bertz CT molecular complexity index is 890. The quantitative estimate of drug-likeness (QED) is 0.722. The summed E-state index contributed by atoms with van der Waals surface area (Å²) >= 11 is 0. The van der Waals surface area contributed by atoms with Crippen LogP contribution < -0.4 is 5.43 Å². The second-order valence-electron chi connectivity index (χ2n) is 5.95. The van der Waals surface area contributed by atoms with E-state index in [0.29, 0.717) is 0 Å². The fourth-order valence-corrected chi connectivity index (χ4v) is 3.26. The number of H-pyrrole nitrogens is 1. The third kappa shape index (κ3) is 2.09. The topological polar surface area (TPSA) is 37.8 Å². The molecule has 0 fully saturated rings. The molecule has 3 rings (SSSR count). The van der Waals surface area contributed by atoms with Crippen molar-refractivity contribution in [3.63, 3.8) is 0 Å². The van der Waals surface area contributed by atoms with E-state index >= 15 is 0 Å². The predicted octanol–water partition coefficient (Wildman–Crippen LogP) is 3.86. The maximum atomic E-state index is 12.2. The fraction of sp³-hybridized carbons (Fsp3) is 0.278. The lowest BCUT2D eigenvalue weighted by Crippen LogP contribution is -2.07. The van der Waals surface area contributed by atoms with E-state index in [1.165, 1.54) is 16.7 Å². The average molecular weight is 280 g/mol. The lowest BCUT2D eigenvalue weighted by molar-refractivity contribution is 0.992. The van der Waals surface area contributed by atoms with Crippen LogP contribution in [0.2, 0.25) is 0 Å². The number of nitrogens with one attached hydrogen (secondary N) is 1. The number of pyridine rings is 1. The minimum Gasteiger partial charge on any atom is -0.344 e. The molecule has 0 aliphatic carbocycles. The van der Waals surface area contributed by atoms with Crippen molar-refractivity contribution in [2.75, 3.05) is 0 Å². The van der Waals surface area contributed by atoms with Gasteiger partial charge in [0, 0.05) is 17.5 Å². The number of benzene rings is 1. The highest BCUT2D eigenvalue weighted by atomic mass is 16.1. The summed E-state index contributed by atoms with van der Waals surface area (Å²) in [5, 5.41) is 0.748. The van der Waals surface area contributed by atoms with Gasteiger partial charge in [-0.1, -0.05) is 17.7 Å². The van der Waals surface area contributed by atoms with Gasteiger partial charge < -0.3 is 4.98 Å². The van der Waals surface area contributed by atoms with E-state index in [0.717, 1.165) is 28.1 Å². The lowest BCUT2D eigenvalue weighted by Gasteiger charge is -2.16. The van der Waals surface area contributed by atoms with Crippen LogP contribution in [0.5, 0.6) is 0 Å².